The summed E-state index contributed by atoms with van der Waals surface area (Å²) in [6.07, 6.45) is 2.88. The van der Waals surface area contributed by atoms with Gasteiger partial charge in [-0.05, 0) is 39.5 Å². The van der Waals surface area contributed by atoms with Gasteiger partial charge in [-0.2, -0.15) is 9.40 Å². The van der Waals surface area contributed by atoms with Gasteiger partial charge in [0.05, 0.1) is 17.3 Å². The first kappa shape index (κ1) is 23.9. The quantitative estimate of drug-likeness (QED) is 0.615. The lowest BCUT2D eigenvalue weighted by Crippen LogP contribution is -2.52. The SMILES string of the molecule is CCC(N)(CC)CNC(=O)C1CCCN(S(=O)(=O)c2c(C)n[nH]c2C)C1.Cl. The summed E-state index contributed by atoms with van der Waals surface area (Å²) in [5, 5.41) is 9.62. The van der Waals surface area contributed by atoms with Crippen LogP contribution in [-0.2, 0) is 14.8 Å². The Bertz CT molecular complexity index is 726. The molecule has 1 aliphatic rings. The van der Waals surface area contributed by atoms with Crippen molar-refractivity contribution < 1.29 is 13.2 Å². The average molecular weight is 422 g/mol. The number of nitrogens with one attached hydrogen (secondary N) is 2. The molecule has 1 aliphatic heterocycles. The van der Waals surface area contributed by atoms with Gasteiger partial charge >= 0.3 is 0 Å². The Morgan fingerprint density at radius 3 is 2.52 bits per heavy atom. The van der Waals surface area contributed by atoms with E-state index in [1.807, 2.05) is 13.8 Å². The molecule has 1 unspecified atom stereocenters. The zero-order valence-electron chi connectivity index (χ0n) is 16.5. The molecule has 0 aromatic carbocycles. The zero-order chi connectivity index (χ0) is 19.5. The maximum absolute atomic E-state index is 13.0. The summed E-state index contributed by atoms with van der Waals surface area (Å²) in [7, 11) is -3.66. The van der Waals surface area contributed by atoms with E-state index in [0.717, 1.165) is 12.8 Å². The molecular weight excluding hydrogens is 390 g/mol. The number of sulfonamides is 1. The van der Waals surface area contributed by atoms with Crippen molar-refractivity contribution >= 4 is 28.3 Å². The summed E-state index contributed by atoms with van der Waals surface area (Å²) in [6.45, 7) is 8.37. The topological polar surface area (TPSA) is 121 Å². The molecule has 27 heavy (non-hydrogen) atoms. The Kier molecular flexibility index (Phi) is 8.28. The van der Waals surface area contributed by atoms with Crippen LogP contribution < -0.4 is 11.1 Å². The highest BCUT2D eigenvalue weighted by Gasteiger charge is 2.36. The van der Waals surface area contributed by atoms with Gasteiger partial charge in [0.1, 0.15) is 4.90 Å². The predicted molar refractivity (Wildman–Crippen MR) is 107 cm³/mol. The Labute approximate surface area is 168 Å². The first-order chi connectivity index (χ1) is 12.1. The summed E-state index contributed by atoms with van der Waals surface area (Å²) in [6, 6.07) is 0. The minimum Gasteiger partial charge on any atom is -0.354 e. The second-order valence-corrected chi connectivity index (χ2v) is 9.13. The van der Waals surface area contributed by atoms with E-state index < -0.39 is 15.6 Å². The summed E-state index contributed by atoms with van der Waals surface area (Å²) in [5.41, 5.74) is 6.79. The van der Waals surface area contributed by atoms with Gasteiger partial charge in [-0.15, -0.1) is 12.4 Å². The molecule has 0 saturated carbocycles. The third-order valence-electron chi connectivity index (χ3n) is 5.44. The number of halogens is 1. The number of H-pyrrole nitrogens is 1. The Morgan fingerprint density at radius 1 is 1.37 bits per heavy atom. The monoisotopic (exact) mass is 421 g/mol. The molecule has 1 fully saturated rings. The van der Waals surface area contributed by atoms with Gasteiger partial charge in [-0.1, -0.05) is 13.8 Å². The molecule has 1 atom stereocenters. The molecule has 2 heterocycles. The van der Waals surface area contributed by atoms with Gasteiger partial charge < -0.3 is 11.1 Å². The lowest BCUT2D eigenvalue weighted by atomic mass is 9.93. The molecule has 1 amide bonds. The van der Waals surface area contributed by atoms with E-state index in [0.29, 0.717) is 37.3 Å². The van der Waals surface area contributed by atoms with Crippen LogP contribution in [0.25, 0.3) is 0 Å². The van der Waals surface area contributed by atoms with E-state index in [9.17, 15) is 13.2 Å². The van der Waals surface area contributed by atoms with Crippen molar-refractivity contribution in [2.24, 2.45) is 11.7 Å². The number of carbonyl (C=O) groups excluding carboxylic acids is 1. The minimum absolute atomic E-state index is 0. The molecule has 156 valence electrons. The fraction of sp³-hybridized carbons (Fsp3) is 0.765. The largest absolute Gasteiger partial charge is 0.354 e. The second-order valence-electron chi connectivity index (χ2n) is 7.25. The Balaban J connectivity index is 0.00000364. The normalized spacial score (nSPS) is 18.8. The van der Waals surface area contributed by atoms with Crippen LogP contribution in [0.4, 0.5) is 0 Å². The van der Waals surface area contributed by atoms with E-state index in [1.54, 1.807) is 13.8 Å². The summed E-state index contributed by atoms with van der Waals surface area (Å²) < 4.78 is 27.4. The fourth-order valence-electron chi connectivity index (χ4n) is 3.33. The molecule has 8 nitrogen and oxygen atoms in total. The molecule has 0 bridgehead atoms. The number of aromatic amines is 1. The van der Waals surface area contributed by atoms with Gasteiger partial charge in [-0.25, -0.2) is 8.42 Å². The van der Waals surface area contributed by atoms with Crippen molar-refractivity contribution in [1.82, 2.24) is 19.8 Å². The van der Waals surface area contributed by atoms with Crippen LogP contribution in [0.1, 0.15) is 50.9 Å². The van der Waals surface area contributed by atoms with Crippen LogP contribution in [0.5, 0.6) is 0 Å². The fourth-order valence-corrected chi connectivity index (χ4v) is 5.19. The van der Waals surface area contributed by atoms with Crippen molar-refractivity contribution in [3.8, 4) is 0 Å². The highest BCUT2D eigenvalue weighted by molar-refractivity contribution is 7.89. The maximum atomic E-state index is 13.0. The summed E-state index contributed by atoms with van der Waals surface area (Å²) in [4.78, 5) is 12.8. The Hall–Kier alpha value is -1.16. The predicted octanol–water partition coefficient (Wildman–Crippen LogP) is 1.48. The highest BCUT2D eigenvalue weighted by atomic mass is 35.5. The Morgan fingerprint density at radius 2 is 2.00 bits per heavy atom. The third kappa shape index (κ3) is 5.22. The van der Waals surface area contributed by atoms with Crippen molar-refractivity contribution in [3.63, 3.8) is 0 Å². The molecule has 10 heteroatoms. The van der Waals surface area contributed by atoms with Crippen LogP contribution in [0.15, 0.2) is 4.90 Å². The number of nitrogens with two attached hydrogens (primary N) is 1. The lowest BCUT2D eigenvalue weighted by molar-refractivity contribution is -0.126. The highest BCUT2D eigenvalue weighted by Crippen LogP contribution is 2.27. The summed E-state index contributed by atoms with van der Waals surface area (Å²) >= 11 is 0. The third-order valence-corrected chi connectivity index (χ3v) is 7.57. The van der Waals surface area contributed by atoms with E-state index in [1.165, 1.54) is 4.31 Å². The van der Waals surface area contributed by atoms with Crippen LogP contribution in [0.2, 0.25) is 0 Å². The lowest BCUT2D eigenvalue weighted by Gasteiger charge is -2.32. The van der Waals surface area contributed by atoms with Crippen LogP contribution >= 0.6 is 12.4 Å². The van der Waals surface area contributed by atoms with E-state index in [4.69, 9.17) is 5.73 Å². The number of hydrogen-bond acceptors (Lipinski definition) is 5. The number of nitrogens with zero attached hydrogens (tertiary/aromatic N) is 2. The molecular formula is C17H32ClN5O3S. The van der Waals surface area contributed by atoms with Crippen molar-refractivity contribution in [2.75, 3.05) is 19.6 Å². The number of amides is 1. The molecule has 0 aliphatic carbocycles. The number of carbonyl (C=O) groups is 1. The van der Waals surface area contributed by atoms with Crippen LogP contribution in [-0.4, -0.2) is 54.0 Å². The van der Waals surface area contributed by atoms with Crippen molar-refractivity contribution in [1.29, 1.82) is 0 Å². The average Bonchev–Trinajstić information content (AvgIpc) is 2.98. The number of aryl methyl sites for hydroxylation is 2. The standard InChI is InChI=1S/C17H31N5O3S.ClH/c1-5-17(18,6-2)11-19-16(23)14-8-7-9-22(10-14)26(24,25)15-12(3)20-21-13(15)4;/h14H,5-11,18H2,1-4H3,(H,19,23)(H,20,21);1H. The molecule has 4 N–H and O–H groups in total. The van der Waals surface area contributed by atoms with Crippen LogP contribution in [0, 0.1) is 19.8 Å². The van der Waals surface area contributed by atoms with E-state index in [2.05, 4.69) is 15.5 Å². The van der Waals surface area contributed by atoms with E-state index in [-0.39, 0.29) is 35.7 Å². The molecule has 1 aromatic heterocycles. The number of aromatic nitrogens is 2. The van der Waals surface area contributed by atoms with Gasteiger partial charge in [0.2, 0.25) is 15.9 Å². The zero-order valence-corrected chi connectivity index (χ0v) is 18.2. The van der Waals surface area contributed by atoms with Gasteiger partial charge in [-0.3, -0.25) is 9.89 Å². The van der Waals surface area contributed by atoms with Gasteiger partial charge in [0, 0.05) is 25.2 Å². The number of piperidine rings is 1. The molecule has 0 radical (unpaired) electrons. The summed E-state index contributed by atoms with van der Waals surface area (Å²) in [5.74, 6) is -0.480. The van der Waals surface area contributed by atoms with Crippen molar-refractivity contribution in [2.45, 2.75) is 63.8 Å². The smallest absolute Gasteiger partial charge is 0.246 e. The van der Waals surface area contributed by atoms with Gasteiger partial charge in [0.25, 0.3) is 0 Å². The minimum atomic E-state index is -3.66. The molecule has 1 saturated heterocycles. The first-order valence-corrected chi connectivity index (χ1v) is 10.7. The van der Waals surface area contributed by atoms with Crippen molar-refractivity contribution in [3.05, 3.63) is 11.4 Å². The van der Waals surface area contributed by atoms with E-state index >= 15 is 0 Å². The number of hydrogen-bond donors (Lipinski definition) is 3. The first-order valence-electron chi connectivity index (χ1n) is 9.23. The molecule has 2 rings (SSSR count). The molecule has 1 aromatic rings. The second kappa shape index (κ2) is 9.36. The number of rotatable bonds is 7. The van der Waals surface area contributed by atoms with Gasteiger partial charge in [0.15, 0.2) is 0 Å². The van der Waals surface area contributed by atoms with Crippen LogP contribution in [0.3, 0.4) is 0 Å². The molecule has 0 spiro atoms. The maximum Gasteiger partial charge on any atom is 0.246 e.